The van der Waals surface area contributed by atoms with Gasteiger partial charge < -0.3 is 40.3 Å². The van der Waals surface area contributed by atoms with Crippen molar-refractivity contribution in [2.45, 2.75) is 301 Å². The fraction of sp³-hybridized carbons (Fsp3) is 0.766. The molecule has 1 fully saturated rings. The topological polar surface area (TPSA) is 149 Å². The van der Waals surface area contributed by atoms with Crippen molar-refractivity contribution >= 4 is 5.91 Å². The number of carbonyl (C=O) groups excluding carboxylic acids is 1. The molecule has 9 heteroatoms. The number of aliphatic hydroxyl groups is 5. The molecule has 7 atom stereocenters. The van der Waals surface area contributed by atoms with E-state index in [1.807, 2.05) is 6.08 Å². The first-order valence-corrected chi connectivity index (χ1v) is 30.3. The Labute approximate surface area is 448 Å². The van der Waals surface area contributed by atoms with Crippen molar-refractivity contribution in [1.82, 2.24) is 5.32 Å². The number of hydrogen-bond acceptors (Lipinski definition) is 8. The van der Waals surface area contributed by atoms with Gasteiger partial charge in [0, 0.05) is 6.42 Å². The highest BCUT2D eigenvalue weighted by atomic mass is 16.7. The zero-order valence-electron chi connectivity index (χ0n) is 46.9. The van der Waals surface area contributed by atoms with E-state index in [1.165, 1.54) is 167 Å². The van der Waals surface area contributed by atoms with Crippen molar-refractivity contribution in [3.8, 4) is 0 Å². The number of unbranched alkanes of at least 4 members (excludes halogenated alkanes) is 29. The van der Waals surface area contributed by atoms with Crippen molar-refractivity contribution in [3.63, 3.8) is 0 Å². The van der Waals surface area contributed by atoms with E-state index < -0.39 is 49.5 Å². The molecule has 1 rings (SSSR count). The third-order valence-electron chi connectivity index (χ3n) is 14.0. The fourth-order valence-electron chi connectivity index (χ4n) is 9.20. The van der Waals surface area contributed by atoms with Crippen molar-refractivity contribution in [2.75, 3.05) is 13.2 Å². The summed E-state index contributed by atoms with van der Waals surface area (Å²) in [5.74, 6) is -0.188. The summed E-state index contributed by atoms with van der Waals surface area (Å²) in [6.07, 6.45) is 68.6. The lowest BCUT2D eigenvalue weighted by Crippen LogP contribution is -2.60. The molecule has 0 spiro atoms. The maximum atomic E-state index is 13.0. The Bertz CT molecular complexity index is 1420. The zero-order chi connectivity index (χ0) is 52.9. The van der Waals surface area contributed by atoms with Crippen LogP contribution in [0, 0.1) is 0 Å². The van der Waals surface area contributed by atoms with Crippen LogP contribution in [0.2, 0.25) is 0 Å². The van der Waals surface area contributed by atoms with Gasteiger partial charge in [-0.05, 0) is 77.0 Å². The van der Waals surface area contributed by atoms with Crippen LogP contribution in [0.1, 0.15) is 258 Å². The highest BCUT2D eigenvalue weighted by molar-refractivity contribution is 5.76. The van der Waals surface area contributed by atoms with Crippen LogP contribution in [0.5, 0.6) is 0 Å². The summed E-state index contributed by atoms with van der Waals surface area (Å²) in [4.78, 5) is 13.0. The Balaban J connectivity index is 1.99. The van der Waals surface area contributed by atoms with E-state index in [0.717, 1.165) is 70.6 Å². The molecule has 1 saturated heterocycles. The van der Waals surface area contributed by atoms with E-state index in [4.69, 9.17) is 9.47 Å². The average Bonchev–Trinajstić information content (AvgIpc) is 3.39. The molecule has 0 aromatic rings. The van der Waals surface area contributed by atoms with Gasteiger partial charge in [0.05, 0.1) is 25.4 Å². The van der Waals surface area contributed by atoms with E-state index in [-0.39, 0.29) is 12.5 Å². The molecule has 0 saturated carbocycles. The van der Waals surface area contributed by atoms with Gasteiger partial charge in [-0.15, -0.1) is 0 Å². The molecule has 0 aliphatic carbocycles. The largest absolute Gasteiger partial charge is 0.394 e. The van der Waals surface area contributed by atoms with Crippen molar-refractivity contribution in [1.29, 1.82) is 0 Å². The van der Waals surface area contributed by atoms with E-state index >= 15 is 0 Å². The maximum Gasteiger partial charge on any atom is 0.220 e. The van der Waals surface area contributed by atoms with Crippen LogP contribution in [0.25, 0.3) is 0 Å². The van der Waals surface area contributed by atoms with Gasteiger partial charge in [0.2, 0.25) is 5.91 Å². The summed E-state index contributed by atoms with van der Waals surface area (Å²) >= 11 is 0. The third kappa shape index (κ3) is 42.2. The van der Waals surface area contributed by atoms with Gasteiger partial charge in [0.15, 0.2) is 6.29 Å². The first-order chi connectivity index (χ1) is 35.8. The molecular weight excluding hydrogens is 911 g/mol. The summed E-state index contributed by atoms with van der Waals surface area (Å²) in [5.41, 5.74) is 0. The minimum Gasteiger partial charge on any atom is -0.394 e. The summed E-state index contributed by atoms with van der Waals surface area (Å²) in [6, 6.07) is -0.820. The number of ether oxygens (including phenoxy) is 2. The monoisotopic (exact) mass is 1020 g/mol. The summed E-state index contributed by atoms with van der Waals surface area (Å²) in [5, 5.41) is 54.2. The molecule has 1 amide bonds. The predicted molar refractivity (Wildman–Crippen MR) is 308 cm³/mol. The lowest BCUT2D eigenvalue weighted by atomic mass is 9.99. The van der Waals surface area contributed by atoms with Crippen LogP contribution in [0.4, 0.5) is 0 Å². The Morgan fingerprint density at radius 1 is 0.479 bits per heavy atom. The molecule has 73 heavy (non-hydrogen) atoms. The molecular formula is C64H113NO8. The first-order valence-electron chi connectivity index (χ1n) is 30.3. The Morgan fingerprint density at radius 3 is 1.32 bits per heavy atom. The number of rotatable bonds is 51. The minimum absolute atomic E-state index is 0.188. The van der Waals surface area contributed by atoms with Crippen molar-refractivity contribution in [2.24, 2.45) is 0 Å². The lowest BCUT2D eigenvalue weighted by Gasteiger charge is -2.40. The number of nitrogens with one attached hydrogen (secondary N) is 1. The van der Waals surface area contributed by atoms with Gasteiger partial charge in [-0.3, -0.25) is 4.79 Å². The second-order valence-electron chi connectivity index (χ2n) is 20.8. The molecule has 1 heterocycles. The quantitative estimate of drug-likeness (QED) is 0.0261. The third-order valence-corrected chi connectivity index (χ3v) is 14.0. The second-order valence-corrected chi connectivity index (χ2v) is 20.8. The van der Waals surface area contributed by atoms with E-state index in [9.17, 15) is 30.3 Å². The lowest BCUT2D eigenvalue weighted by molar-refractivity contribution is -0.302. The summed E-state index contributed by atoms with van der Waals surface area (Å²) < 4.78 is 11.2. The predicted octanol–water partition coefficient (Wildman–Crippen LogP) is 15.4. The highest BCUT2D eigenvalue weighted by Gasteiger charge is 2.44. The molecule has 0 bridgehead atoms. The molecule has 0 aromatic carbocycles. The molecule has 0 radical (unpaired) electrons. The van der Waals surface area contributed by atoms with Gasteiger partial charge >= 0.3 is 0 Å². The number of hydrogen-bond donors (Lipinski definition) is 6. The van der Waals surface area contributed by atoms with Crippen molar-refractivity contribution < 1.29 is 39.8 Å². The number of amides is 1. The highest BCUT2D eigenvalue weighted by Crippen LogP contribution is 2.23. The van der Waals surface area contributed by atoms with Crippen LogP contribution in [0.15, 0.2) is 85.1 Å². The van der Waals surface area contributed by atoms with Crippen LogP contribution in [-0.2, 0) is 14.3 Å². The maximum absolute atomic E-state index is 13.0. The number of allylic oxidation sites excluding steroid dienone is 13. The second kappa shape index (κ2) is 52.8. The van der Waals surface area contributed by atoms with E-state index in [1.54, 1.807) is 6.08 Å². The van der Waals surface area contributed by atoms with Crippen LogP contribution in [-0.4, -0.2) is 87.5 Å². The number of aliphatic hydroxyl groups excluding tert-OH is 5. The SMILES string of the molecule is CC/C=C\C/C=C\C/C=C\C/C=C\C/C=C\CCCCCCCCCCCCCCCCCCCCCCCCCCCC(=O)NC(COC1OC(CO)C(O)C(O)C1O)C(O)/C=C/CC/C=C/CCCCC. The van der Waals surface area contributed by atoms with Gasteiger partial charge in [0.25, 0.3) is 0 Å². The molecule has 0 aromatic heterocycles. The molecule has 9 nitrogen and oxygen atoms in total. The summed E-state index contributed by atoms with van der Waals surface area (Å²) in [6.45, 7) is 3.59. The van der Waals surface area contributed by atoms with E-state index in [0.29, 0.717) is 6.42 Å². The minimum atomic E-state index is -1.57. The van der Waals surface area contributed by atoms with E-state index in [2.05, 4.69) is 92.1 Å². The zero-order valence-corrected chi connectivity index (χ0v) is 46.9. The molecule has 6 N–H and O–H groups in total. The standard InChI is InChI=1S/C64H113NO8/c1-3-5-7-9-11-13-14-15-16-17-18-19-20-21-22-23-24-25-26-27-28-29-30-31-32-33-34-35-36-37-38-39-40-41-42-43-44-46-48-50-52-54-60(68)65-57(58(67)53-51-49-47-45-12-10-8-6-4-2)56-72-64-63(71)62(70)61(69)59(55-66)73-64/h5,7,11-13,15-16,18-19,21-22,45,51,53,57-59,61-64,66-67,69-71H,3-4,6,8-10,14,17,20,23-44,46-50,52,54-56H2,1-2H3,(H,65,68)/b7-5-,13-11-,16-15-,19-18-,22-21-,45-12+,53-51+. The first kappa shape index (κ1) is 68.4. The average molecular weight is 1020 g/mol. The Kier molecular flexibility index (Phi) is 49.5. The van der Waals surface area contributed by atoms with Crippen LogP contribution >= 0.6 is 0 Å². The molecule has 7 unspecified atom stereocenters. The van der Waals surface area contributed by atoms with Gasteiger partial charge in [-0.2, -0.15) is 0 Å². The van der Waals surface area contributed by atoms with Crippen LogP contribution in [0.3, 0.4) is 0 Å². The number of carbonyl (C=O) groups is 1. The fourth-order valence-corrected chi connectivity index (χ4v) is 9.20. The Hall–Kier alpha value is -2.63. The Morgan fingerprint density at radius 2 is 0.863 bits per heavy atom. The van der Waals surface area contributed by atoms with Crippen LogP contribution < -0.4 is 5.32 Å². The van der Waals surface area contributed by atoms with Crippen molar-refractivity contribution in [3.05, 3.63) is 85.1 Å². The van der Waals surface area contributed by atoms with Gasteiger partial charge in [0.1, 0.15) is 24.4 Å². The summed E-state index contributed by atoms with van der Waals surface area (Å²) in [7, 11) is 0. The molecule has 1 aliphatic heterocycles. The normalized spacial score (nSPS) is 19.7. The molecule has 422 valence electrons. The molecule has 1 aliphatic rings. The van der Waals surface area contributed by atoms with Gasteiger partial charge in [-0.25, -0.2) is 0 Å². The van der Waals surface area contributed by atoms with Gasteiger partial charge in [-0.1, -0.05) is 259 Å². The smallest absolute Gasteiger partial charge is 0.220 e.